The molecule has 0 radical (unpaired) electrons. The molecule has 1 aliphatic carbocycles. The minimum absolute atomic E-state index is 0.0829. The van der Waals surface area contributed by atoms with Gasteiger partial charge in [0.25, 0.3) is 5.91 Å². The van der Waals surface area contributed by atoms with E-state index in [9.17, 15) is 4.79 Å². The summed E-state index contributed by atoms with van der Waals surface area (Å²) in [6, 6.07) is 15.3. The van der Waals surface area contributed by atoms with Gasteiger partial charge >= 0.3 is 0 Å². The Morgan fingerprint density at radius 3 is 2.46 bits per heavy atom. The van der Waals surface area contributed by atoms with Crippen molar-refractivity contribution in [3.63, 3.8) is 0 Å². The van der Waals surface area contributed by atoms with E-state index in [2.05, 4.69) is 0 Å². The number of halogens is 1. The average Bonchev–Trinajstić information content (AvgIpc) is 3.15. The van der Waals surface area contributed by atoms with Crippen molar-refractivity contribution in [2.24, 2.45) is 0 Å². The zero-order valence-electron chi connectivity index (χ0n) is 13.9. The Morgan fingerprint density at radius 1 is 1.12 bits per heavy atom. The summed E-state index contributed by atoms with van der Waals surface area (Å²) >= 11 is 6.12. The van der Waals surface area contributed by atoms with Crippen LogP contribution in [-0.2, 0) is 6.61 Å². The summed E-state index contributed by atoms with van der Waals surface area (Å²) in [5, 5.41) is 0.697. The molecule has 0 saturated heterocycles. The fraction of sp³-hybridized carbons (Fsp3) is 0.350. The molecule has 3 rings (SSSR count). The quantitative estimate of drug-likeness (QED) is 0.770. The van der Waals surface area contributed by atoms with E-state index >= 15 is 0 Å². The smallest absolute Gasteiger partial charge is 0.253 e. The average molecular weight is 344 g/mol. The minimum atomic E-state index is 0.0829. The number of amides is 1. The van der Waals surface area contributed by atoms with E-state index in [0.717, 1.165) is 24.2 Å². The van der Waals surface area contributed by atoms with Gasteiger partial charge in [0.15, 0.2) is 0 Å². The van der Waals surface area contributed by atoms with E-state index in [1.807, 2.05) is 60.5 Å². The fourth-order valence-electron chi connectivity index (χ4n) is 3.13. The lowest BCUT2D eigenvalue weighted by molar-refractivity contribution is 0.0735. The third-order valence-corrected chi connectivity index (χ3v) is 5.01. The summed E-state index contributed by atoms with van der Waals surface area (Å²) in [4.78, 5) is 14.4. The summed E-state index contributed by atoms with van der Waals surface area (Å²) in [5.74, 6) is 0.814. The monoisotopic (exact) mass is 343 g/mol. The molecule has 0 N–H and O–H groups in total. The number of hydrogen-bond acceptors (Lipinski definition) is 2. The number of rotatable bonds is 5. The van der Waals surface area contributed by atoms with Crippen molar-refractivity contribution in [3.05, 3.63) is 64.7 Å². The van der Waals surface area contributed by atoms with Crippen LogP contribution in [0.4, 0.5) is 0 Å². The van der Waals surface area contributed by atoms with Crippen LogP contribution in [0.15, 0.2) is 48.5 Å². The lowest BCUT2D eigenvalue weighted by Gasteiger charge is -2.24. The molecule has 1 saturated carbocycles. The zero-order chi connectivity index (χ0) is 16.9. The lowest BCUT2D eigenvalue weighted by Crippen LogP contribution is -2.35. The van der Waals surface area contributed by atoms with Crippen LogP contribution >= 0.6 is 11.6 Å². The van der Waals surface area contributed by atoms with Crippen molar-refractivity contribution < 1.29 is 9.53 Å². The maximum absolute atomic E-state index is 12.5. The van der Waals surface area contributed by atoms with Crippen LogP contribution in [0.1, 0.15) is 41.6 Å². The molecule has 126 valence electrons. The Balaban J connectivity index is 1.60. The van der Waals surface area contributed by atoms with E-state index in [0.29, 0.717) is 23.2 Å². The molecule has 0 heterocycles. The van der Waals surface area contributed by atoms with E-state index in [-0.39, 0.29) is 5.91 Å². The van der Waals surface area contributed by atoms with Crippen LogP contribution in [-0.4, -0.2) is 23.9 Å². The molecule has 0 atom stereocenters. The van der Waals surface area contributed by atoms with Gasteiger partial charge in [-0.2, -0.15) is 0 Å². The second-order valence-electron chi connectivity index (χ2n) is 6.26. The van der Waals surface area contributed by atoms with E-state index in [1.54, 1.807) is 0 Å². The van der Waals surface area contributed by atoms with Crippen LogP contribution in [0.2, 0.25) is 5.02 Å². The molecule has 1 amide bonds. The number of carbonyl (C=O) groups excluding carboxylic acids is 1. The predicted octanol–water partition coefficient (Wildman–Crippen LogP) is 4.93. The molecule has 2 aromatic carbocycles. The summed E-state index contributed by atoms with van der Waals surface area (Å²) in [6.45, 7) is 0.412. The van der Waals surface area contributed by atoms with Crippen LogP contribution in [0.5, 0.6) is 5.75 Å². The van der Waals surface area contributed by atoms with Crippen LogP contribution in [0.3, 0.4) is 0 Å². The molecule has 24 heavy (non-hydrogen) atoms. The largest absolute Gasteiger partial charge is 0.489 e. The molecular formula is C20H22ClNO2. The Morgan fingerprint density at radius 2 is 1.79 bits per heavy atom. The molecule has 0 spiro atoms. The third kappa shape index (κ3) is 3.90. The van der Waals surface area contributed by atoms with Gasteiger partial charge in [-0.25, -0.2) is 0 Å². The maximum atomic E-state index is 12.5. The maximum Gasteiger partial charge on any atom is 0.253 e. The van der Waals surface area contributed by atoms with Gasteiger partial charge in [0, 0.05) is 29.2 Å². The van der Waals surface area contributed by atoms with Gasteiger partial charge in [-0.1, -0.05) is 42.6 Å². The highest BCUT2D eigenvalue weighted by Crippen LogP contribution is 2.24. The second-order valence-corrected chi connectivity index (χ2v) is 6.67. The Hall–Kier alpha value is -2.00. The predicted molar refractivity (Wildman–Crippen MR) is 96.6 cm³/mol. The van der Waals surface area contributed by atoms with Crippen molar-refractivity contribution in [2.45, 2.75) is 38.3 Å². The highest BCUT2D eigenvalue weighted by atomic mass is 35.5. The summed E-state index contributed by atoms with van der Waals surface area (Å²) < 4.78 is 5.76. The Labute approximate surface area is 148 Å². The lowest BCUT2D eigenvalue weighted by atomic mass is 10.1. The Bertz CT molecular complexity index is 693. The first-order valence-corrected chi connectivity index (χ1v) is 8.76. The number of nitrogens with zero attached hydrogens (tertiary/aromatic N) is 1. The van der Waals surface area contributed by atoms with Crippen molar-refractivity contribution >= 4 is 17.5 Å². The van der Waals surface area contributed by atoms with Crippen LogP contribution in [0.25, 0.3) is 0 Å². The van der Waals surface area contributed by atoms with Crippen molar-refractivity contribution in [1.82, 2.24) is 4.90 Å². The number of benzene rings is 2. The normalized spacial score (nSPS) is 14.6. The van der Waals surface area contributed by atoms with Gasteiger partial charge < -0.3 is 9.64 Å². The second kappa shape index (κ2) is 7.71. The zero-order valence-corrected chi connectivity index (χ0v) is 14.6. The van der Waals surface area contributed by atoms with E-state index in [4.69, 9.17) is 16.3 Å². The molecule has 4 heteroatoms. The number of ether oxygens (including phenoxy) is 1. The molecule has 3 nitrogen and oxygen atoms in total. The highest BCUT2D eigenvalue weighted by molar-refractivity contribution is 6.31. The van der Waals surface area contributed by atoms with Gasteiger partial charge in [0.2, 0.25) is 0 Å². The van der Waals surface area contributed by atoms with Crippen molar-refractivity contribution in [2.75, 3.05) is 7.05 Å². The van der Waals surface area contributed by atoms with Gasteiger partial charge in [-0.05, 0) is 43.2 Å². The molecule has 0 aliphatic heterocycles. The first kappa shape index (κ1) is 16.8. The van der Waals surface area contributed by atoms with Crippen LogP contribution < -0.4 is 4.74 Å². The molecular weight excluding hydrogens is 322 g/mol. The Kier molecular flexibility index (Phi) is 5.41. The van der Waals surface area contributed by atoms with Gasteiger partial charge in [0.1, 0.15) is 12.4 Å². The first-order chi connectivity index (χ1) is 11.6. The summed E-state index contributed by atoms with van der Waals surface area (Å²) in [7, 11) is 1.90. The molecule has 1 fully saturated rings. The summed E-state index contributed by atoms with van der Waals surface area (Å²) in [6.07, 6.45) is 4.66. The van der Waals surface area contributed by atoms with Gasteiger partial charge in [0.05, 0.1) is 0 Å². The molecule has 1 aliphatic rings. The topological polar surface area (TPSA) is 29.5 Å². The van der Waals surface area contributed by atoms with Crippen molar-refractivity contribution in [1.29, 1.82) is 0 Å². The molecule has 2 aromatic rings. The SMILES string of the molecule is CN(C(=O)c1ccc(OCc2ccccc2Cl)cc1)C1CCCC1. The van der Waals surface area contributed by atoms with Crippen molar-refractivity contribution in [3.8, 4) is 5.75 Å². The first-order valence-electron chi connectivity index (χ1n) is 8.38. The van der Waals surface area contributed by atoms with Crippen LogP contribution in [0, 0.1) is 0 Å². The molecule has 0 bridgehead atoms. The molecule has 0 unspecified atom stereocenters. The van der Waals surface area contributed by atoms with Gasteiger partial charge in [-0.15, -0.1) is 0 Å². The fourth-order valence-corrected chi connectivity index (χ4v) is 3.32. The minimum Gasteiger partial charge on any atom is -0.489 e. The third-order valence-electron chi connectivity index (χ3n) is 4.65. The summed E-state index contributed by atoms with van der Waals surface area (Å²) in [5.41, 5.74) is 1.65. The highest BCUT2D eigenvalue weighted by Gasteiger charge is 2.24. The standard InChI is InChI=1S/C20H22ClNO2/c1-22(17-7-3-4-8-17)20(23)15-10-12-18(13-11-15)24-14-16-6-2-5-9-19(16)21/h2,5-6,9-13,17H,3-4,7-8,14H2,1H3. The van der Waals surface area contributed by atoms with E-state index < -0.39 is 0 Å². The molecule has 0 aromatic heterocycles. The number of carbonyl (C=O) groups is 1. The number of hydrogen-bond donors (Lipinski definition) is 0. The van der Waals surface area contributed by atoms with E-state index in [1.165, 1.54) is 12.8 Å². The van der Waals surface area contributed by atoms with Gasteiger partial charge in [-0.3, -0.25) is 4.79 Å².